The van der Waals surface area contributed by atoms with E-state index in [4.69, 9.17) is 10.5 Å². The molecule has 0 spiro atoms. The molecule has 18 heavy (non-hydrogen) atoms. The van der Waals surface area contributed by atoms with Crippen LogP contribution < -0.4 is 11.1 Å². The minimum atomic E-state index is -0.483. The predicted octanol–water partition coefficient (Wildman–Crippen LogP) is 1.74. The van der Waals surface area contributed by atoms with Crippen LogP contribution in [0.3, 0.4) is 0 Å². The summed E-state index contributed by atoms with van der Waals surface area (Å²) in [5.74, 6) is -0.0806. The topological polar surface area (TPSA) is 64.4 Å². The number of hydrogen-bond donors (Lipinski definition) is 2. The van der Waals surface area contributed by atoms with Gasteiger partial charge in [-0.2, -0.15) is 0 Å². The lowest BCUT2D eigenvalue weighted by molar-refractivity contribution is -0.127. The molecule has 0 aromatic rings. The van der Waals surface area contributed by atoms with E-state index in [1.807, 2.05) is 0 Å². The van der Waals surface area contributed by atoms with Gasteiger partial charge in [-0.3, -0.25) is 4.79 Å². The monoisotopic (exact) mass is 254 g/mol. The Labute approximate surface area is 110 Å². The Kier molecular flexibility index (Phi) is 5.82. The zero-order chi connectivity index (χ0) is 13.6. The fourth-order valence-corrected chi connectivity index (χ4v) is 2.49. The van der Waals surface area contributed by atoms with E-state index in [-0.39, 0.29) is 17.6 Å². The molecule has 0 saturated carbocycles. The van der Waals surface area contributed by atoms with E-state index in [1.165, 1.54) is 0 Å². The van der Waals surface area contributed by atoms with Crippen molar-refractivity contribution in [3.63, 3.8) is 0 Å². The first-order valence-electron chi connectivity index (χ1n) is 6.87. The highest BCUT2D eigenvalue weighted by atomic mass is 16.5. The highest BCUT2D eigenvalue weighted by Gasteiger charge is 2.35. The molecule has 2 unspecified atom stereocenters. The van der Waals surface area contributed by atoms with E-state index in [2.05, 4.69) is 25.7 Å². The fourth-order valence-electron chi connectivity index (χ4n) is 2.49. The first kappa shape index (κ1) is 15.2. The van der Waals surface area contributed by atoms with Crippen LogP contribution in [0.15, 0.2) is 12.7 Å². The van der Waals surface area contributed by atoms with Crippen molar-refractivity contribution < 1.29 is 9.53 Å². The molecule has 0 bridgehead atoms. The Bertz CT molecular complexity index is 288. The van der Waals surface area contributed by atoms with Gasteiger partial charge < -0.3 is 15.8 Å². The van der Waals surface area contributed by atoms with Gasteiger partial charge in [0, 0.05) is 12.6 Å². The molecule has 1 aliphatic rings. The first-order chi connectivity index (χ1) is 8.56. The second-order valence-corrected chi connectivity index (χ2v) is 5.07. The molecule has 1 saturated heterocycles. The van der Waals surface area contributed by atoms with Crippen molar-refractivity contribution >= 4 is 5.91 Å². The third-order valence-electron chi connectivity index (χ3n) is 3.89. The van der Waals surface area contributed by atoms with E-state index < -0.39 is 6.04 Å². The summed E-state index contributed by atoms with van der Waals surface area (Å²) in [4.78, 5) is 11.9. The minimum absolute atomic E-state index is 0.0707. The van der Waals surface area contributed by atoms with Crippen LogP contribution in [0.4, 0.5) is 0 Å². The summed E-state index contributed by atoms with van der Waals surface area (Å²) in [5, 5.41) is 3.04. The normalized spacial score (nSPS) is 24.3. The number of hydrogen-bond acceptors (Lipinski definition) is 3. The molecule has 1 amide bonds. The van der Waals surface area contributed by atoms with Crippen molar-refractivity contribution in [1.29, 1.82) is 0 Å². The lowest BCUT2D eigenvalue weighted by Gasteiger charge is -2.40. The summed E-state index contributed by atoms with van der Waals surface area (Å²) in [7, 11) is 0. The van der Waals surface area contributed by atoms with Gasteiger partial charge in [-0.25, -0.2) is 0 Å². The van der Waals surface area contributed by atoms with Crippen molar-refractivity contribution in [1.82, 2.24) is 5.32 Å². The average Bonchev–Trinajstić information content (AvgIpc) is 2.39. The lowest BCUT2D eigenvalue weighted by Crippen LogP contribution is -2.51. The Hall–Kier alpha value is -0.870. The van der Waals surface area contributed by atoms with Crippen LogP contribution >= 0.6 is 0 Å². The largest absolute Gasteiger partial charge is 0.375 e. The fraction of sp³-hybridized carbons (Fsp3) is 0.786. The Morgan fingerprint density at radius 1 is 1.61 bits per heavy atom. The van der Waals surface area contributed by atoms with Crippen LogP contribution in [0.2, 0.25) is 0 Å². The third-order valence-corrected chi connectivity index (χ3v) is 3.89. The van der Waals surface area contributed by atoms with Gasteiger partial charge in [-0.15, -0.1) is 6.58 Å². The van der Waals surface area contributed by atoms with Gasteiger partial charge in [0.25, 0.3) is 0 Å². The predicted molar refractivity (Wildman–Crippen MR) is 73.2 cm³/mol. The standard InChI is InChI=1S/C14H26N2O2/c1-4-7-12(15)13(17)16-11-8-9-18-14(5-2,6-3)10-11/h4,11-12H,1,5-10,15H2,2-3H3,(H,16,17). The van der Waals surface area contributed by atoms with E-state index >= 15 is 0 Å². The second-order valence-electron chi connectivity index (χ2n) is 5.07. The first-order valence-corrected chi connectivity index (χ1v) is 6.87. The summed E-state index contributed by atoms with van der Waals surface area (Å²) in [5.41, 5.74) is 5.69. The van der Waals surface area contributed by atoms with Crippen molar-refractivity contribution in [2.45, 2.75) is 63.6 Å². The summed E-state index contributed by atoms with van der Waals surface area (Å²) >= 11 is 0. The zero-order valence-corrected chi connectivity index (χ0v) is 11.6. The van der Waals surface area contributed by atoms with Gasteiger partial charge >= 0.3 is 0 Å². The molecule has 1 heterocycles. The summed E-state index contributed by atoms with van der Waals surface area (Å²) in [6.45, 7) is 8.58. The van der Waals surface area contributed by atoms with Gasteiger partial charge in [0.2, 0.25) is 5.91 Å². The zero-order valence-electron chi connectivity index (χ0n) is 11.6. The van der Waals surface area contributed by atoms with Crippen LogP contribution in [0.5, 0.6) is 0 Å². The SMILES string of the molecule is C=CCC(N)C(=O)NC1CCOC(CC)(CC)C1. The smallest absolute Gasteiger partial charge is 0.237 e. The lowest BCUT2D eigenvalue weighted by atomic mass is 9.86. The molecule has 4 heteroatoms. The van der Waals surface area contributed by atoms with Crippen molar-refractivity contribution in [2.24, 2.45) is 5.73 Å². The summed E-state index contributed by atoms with van der Waals surface area (Å²) in [6, 6.07) is -0.301. The van der Waals surface area contributed by atoms with E-state index in [9.17, 15) is 4.79 Å². The third kappa shape index (κ3) is 3.82. The molecule has 3 N–H and O–H groups in total. The number of carbonyl (C=O) groups excluding carboxylic acids is 1. The van der Waals surface area contributed by atoms with Crippen LogP contribution in [0, 0.1) is 0 Å². The van der Waals surface area contributed by atoms with Crippen molar-refractivity contribution in [3.8, 4) is 0 Å². The number of nitrogens with two attached hydrogens (primary N) is 1. The Morgan fingerprint density at radius 3 is 2.83 bits per heavy atom. The molecule has 2 atom stereocenters. The second kappa shape index (κ2) is 6.90. The average molecular weight is 254 g/mol. The summed E-state index contributed by atoms with van der Waals surface area (Å²) in [6.07, 6.45) is 5.91. The van der Waals surface area contributed by atoms with Crippen LogP contribution in [-0.2, 0) is 9.53 Å². The van der Waals surface area contributed by atoms with Crippen LogP contribution in [0.25, 0.3) is 0 Å². The maximum atomic E-state index is 11.9. The number of carbonyl (C=O) groups is 1. The molecule has 1 rings (SSSR count). The van der Waals surface area contributed by atoms with E-state index in [0.29, 0.717) is 13.0 Å². The van der Waals surface area contributed by atoms with E-state index in [1.54, 1.807) is 6.08 Å². The highest BCUT2D eigenvalue weighted by Crippen LogP contribution is 2.31. The number of nitrogens with one attached hydrogen (secondary N) is 1. The molecule has 0 aliphatic carbocycles. The molecule has 0 radical (unpaired) electrons. The molecule has 1 fully saturated rings. The van der Waals surface area contributed by atoms with Crippen LogP contribution in [-0.4, -0.2) is 30.2 Å². The van der Waals surface area contributed by atoms with E-state index in [0.717, 1.165) is 25.7 Å². The molecule has 0 aromatic heterocycles. The maximum Gasteiger partial charge on any atom is 0.237 e. The molecular weight excluding hydrogens is 228 g/mol. The number of ether oxygens (including phenoxy) is 1. The summed E-state index contributed by atoms with van der Waals surface area (Å²) < 4.78 is 5.88. The Morgan fingerprint density at radius 2 is 2.28 bits per heavy atom. The Balaban J connectivity index is 2.52. The number of amides is 1. The van der Waals surface area contributed by atoms with Gasteiger partial charge in [0.05, 0.1) is 11.6 Å². The van der Waals surface area contributed by atoms with Gasteiger partial charge in [-0.05, 0) is 32.1 Å². The van der Waals surface area contributed by atoms with Gasteiger partial charge in [0.1, 0.15) is 0 Å². The molecule has 1 aliphatic heterocycles. The molecule has 104 valence electrons. The van der Waals surface area contributed by atoms with Gasteiger partial charge in [0.15, 0.2) is 0 Å². The number of rotatable bonds is 6. The molecule has 0 aromatic carbocycles. The quantitative estimate of drug-likeness (QED) is 0.710. The minimum Gasteiger partial charge on any atom is -0.375 e. The van der Waals surface area contributed by atoms with Crippen molar-refractivity contribution in [2.75, 3.05) is 6.61 Å². The highest BCUT2D eigenvalue weighted by molar-refractivity contribution is 5.81. The molecular formula is C14H26N2O2. The van der Waals surface area contributed by atoms with Crippen molar-refractivity contribution in [3.05, 3.63) is 12.7 Å². The van der Waals surface area contributed by atoms with Crippen LogP contribution in [0.1, 0.15) is 46.0 Å². The maximum absolute atomic E-state index is 11.9. The van der Waals surface area contributed by atoms with Gasteiger partial charge in [-0.1, -0.05) is 19.9 Å². The molecule has 4 nitrogen and oxygen atoms in total.